The minimum absolute atomic E-state index is 0.0325. The number of aromatic nitrogens is 1. The zero-order valence-electron chi connectivity index (χ0n) is 20.3. The lowest BCUT2D eigenvalue weighted by Gasteiger charge is -2.25. The average molecular weight is 474 g/mol. The predicted octanol–water partition coefficient (Wildman–Crippen LogP) is 3.26. The Balaban J connectivity index is 1.62. The monoisotopic (exact) mass is 473 g/mol. The second-order valence-corrected chi connectivity index (χ2v) is 9.29. The summed E-state index contributed by atoms with van der Waals surface area (Å²) < 4.78 is 0. The van der Waals surface area contributed by atoms with Crippen molar-refractivity contribution in [2.24, 2.45) is 10.9 Å². The van der Waals surface area contributed by atoms with Crippen molar-refractivity contribution in [3.8, 4) is 12.1 Å². The van der Waals surface area contributed by atoms with Crippen LogP contribution < -0.4 is 5.32 Å². The minimum atomic E-state index is -1.15. The lowest BCUT2D eigenvalue weighted by molar-refractivity contribution is -0.140. The number of carbonyl (C=O) groups excluding carboxylic acids is 2. The van der Waals surface area contributed by atoms with Crippen LogP contribution in [-0.2, 0) is 9.59 Å². The molecule has 0 saturated carbocycles. The Morgan fingerprint density at radius 3 is 2.60 bits per heavy atom. The van der Waals surface area contributed by atoms with E-state index < -0.39 is 12.0 Å². The number of aryl methyl sites for hydroxylation is 2. The number of nitrogens with one attached hydrogen (secondary N) is 2. The standard InChI is InChI=1S/C26H31N7O2/c1-17-18(2)29-24-20(17)8-7-10-21(24)30-25(19(14-27)15-28)31-22-9-3-4-13-33(26(22)35)16-23(34)32-11-5-6-12-32/h7-8,10,19,22,29H,3-6,9,11-13,16H2,1-2H3,(H,30,31)/t22-/m0/s1. The van der Waals surface area contributed by atoms with Crippen LogP contribution in [0.15, 0.2) is 23.2 Å². The summed E-state index contributed by atoms with van der Waals surface area (Å²) in [7, 11) is 0. The summed E-state index contributed by atoms with van der Waals surface area (Å²) >= 11 is 0. The molecule has 4 rings (SSSR count). The maximum Gasteiger partial charge on any atom is 0.247 e. The summed E-state index contributed by atoms with van der Waals surface area (Å²) in [5.74, 6) is -1.26. The van der Waals surface area contributed by atoms with Crippen molar-refractivity contribution in [2.45, 2.75) is 52.0 Å². The normalized spacial score (nSPS) is 19.1. The topological polar surface area (TPSA) is 128 Å². The molecule has 0 aliphatic carbocycles. The van der Waals surface area contributed by atoms with Crippen LogP contribution in [0.5, 0.6) is 0 Å². The van der Waals surface area contributed by atoms with Gasteiger partial charge in [-0.05, 0) is 57.6 Å². The van der Waals surface area contributed by atoms with Gasteiger partial charge in [-0.15, -0.1) is 0 Å². The van der Waals surface area contributed by atoms with E-state index in [1.807, 2.05) is 49.1 Å². The lowest BCUT2D eigenvalue weighted by atomic mass is 10.1. The first-order valence-corrected chi connectivity index (χ1v) is 12.2. The molecule has 3 heterocycles. The van der Waals surface area contributed by atoms with Gasteiger partial charge < -0.3 is 20.1 Å². The van der Waals surface area contributed by atoms with Gasteiger partial charge in [0.1, 0.15) is 11.9 Å². The zero-order valence-corrected chi connectivity index (χ0v) is 20.3. The second-order valence-electron chi connectivity index (χ2n) is 9.29. The average Bonchev–Trinajstić information content (AvgIpc) is 3.45. The third-order valence-electron chi connectivity index (χ3n) is 6.97. The molecule has 2 fully saturated rings. The Morgan fingerprint density at radius 2 is 1.89 bits per heavy atom. The van der Waals surface area contributed by atoms with Gasteiger partial charge >= 0.3 is 0 Å². The van der Waals surface area contributed by atoms with Gasteiger partial charge in [0.15, 0.2) is 5.92 Å². The van der Waals surface area contributed by atoms with Gasteiger partial charge in [0.2, 0.25) is 11.8 Å². The molecule has 2 aliphatic rings. The number of carbonyl (C=O) groups is 2. The Morgan fingerprint density at radius 1 is 1.17 bits per heavy atom. The number of hydrogen-bond donors (Lipinski definition) is 2. The molecule has 35 heavy (non-hydrogen) atoms. The highest BCUT2D eigenvalue weighted by Crippen LogP contribution is 2.28. The summed E-state index contributed by atoms with van der Waals surface area (Å²) in [6, 6.07) is 8.99. The van der Waals surface area contributed by atoms with Crippen molar-refractivity contribution >= 4 is 34.2 Å². The summed E-state index contributed by atoms with van der Waals surface area (Å²) in [6.07, 6.45) is 4.06. The van der Waals surface area contributed by atoms with Crippen LogP contribution in [0.1, 0.15) is 43.4 Å². The fourth-order valence-electron chi connectivity index (χ4n) is 4.81. The van der Waals surface area contributed by atoms with Crippen molar-refractivity contribution in [2.75, 3.05) is 31.5 Å². The van der Waals surface area contributed by atoms with E-state index in [9.17, 15) is 20.1 Å². The molecule has 2 aliphatic heterocycles. The van der Waals surface area contributed by atoms with Crippen LogP contribution in [0.3, 0.4) is 0 Å². The molecule has 2 amide bonds. The van der Waals surface area contributed by atoms with E-state index in [1.54, 1.807) is 4.90 Å². The van der Waals surface area contributed by atoms with Crippen LogP contribution in [0.2, 0.25) is 0 Å². The van der Waals surface area contributed by atoms with E-state index in [-0.39, 0.29) is 24.2 Å². The van der Waals surface area contributed by atoms with Crippen molar-refractivity contribution in [1.29, 1.82) is 10.5 Å². The fourth-order valence-corrected chi connectivity index (χ4v) is 4.81. The number of rotatable bonds is 5. The van der Waals surface area contributed by atoms with Gasteiger partial charge in [-0.3, -0.25) is 14.6 Å². The second kappa shape index (κ2) is 10.6. The van der Waals surface area contributed by atoms with Crippen LogP contribution in [-0.4, -0.2) is 64.7 Å². The molecule has 9 nitrogen and oxygen atoms in total. The number of amidine groups is 1. The van der Waals surface area contributed by atoms with Gasteiger partial charge in [0, 0.05) is 30.7 Å². The number of fused-ring (bicyclic) bond motifs is 1. The molecule has 0 radical (unpaired) electrons. The number of nitrogens with zero attached hydrogens (tertiary/aromatic N) is 5. The lowest BCUT2D eigenvalue weighted by Crippen LogP contribution is -2.45. The molecular formula is C26H31N7O2. The maximum atomic E-state index is 13.4. The van der Waals surface area contributed by atoms with Gasteiger partial charge in [-0.25, -0.2) is 0 Å². The number of para-hydroxylation sites is 1. The molecule has 2 N–H and O–H groups in total. The molecule has 2 saturated heterocycles. The van der Waals surface area contributed by atoms with E-state index >= 15 is 0 Å². The summed E-state index contributed by atoms with van der Waals surface area (Å²) in [5, 5.41) is 23.5. The minimum Gasteiger partial charge on any atom is -0.357 e. The molecule has 182 valence electrons. The Bertz CT molecular complexity index is 1210. The number of benzene rings is 1. The van der Waals surface area contributed by atoms with Gasteiger partial charge in [0.05, 0.1) is 29.9 Å². The van der Waals surface area contributed by atoms with Crippen molar-refractivity contribution < 1.29 is 9.59 Å². The largest absolute Gasteiger partial charge is 0.357 e. The number of hydrogen-bond acceptors (Lipinski definition) is 5. The van der Waals surface area contributed by atoms with Crippen LogP contribution in [0.4, 0.5) is 5.69 Å². The fraction of sp³-hybridized carbons (Fsp3) is 0.500. The van der Waals surface area contributed by atoms with E-state index in [0.29, 0.717) is 18.7 Å². The third kappa shape index (κ3) is 5.14. The van der Waals surface area contributed by atoms with Crippen molar-refractivity contribution in [3.05, 3.63) is 29.5 Å². The Kier molecular flexibility index (Phi) is 7.36. The summed E-state index contributed by atoms with van der Waals surface area (Å²) in [6.45, 7) is 6.06. The molecule has 0 spiro atoms. The molecule has 0 unspecified atom stereocenters. The van der Waals surface area contributed by atoms with E-state index in [4.69, 9.17) is 0 Å². The zero-order chi connectivity index (χ0) is 24.9. The van der Waals surface area contributed by atoms with Gasteiger partial charge in [-0.2, -0.15) is 10.5 Å². The first kappa shape index (κ1) is 24.3. The molecule has 2 aromatic rings. The molecular weight excluding hydrogens is 442 g/mol. The highest BCUT2D eigenvalue weighted by atomic mass is 16.2. The predicted molar refractivity (Wildman–Crippen MR) is 134 cm³/mol. The number of likely N-dealkylation sites (tertiary alicyclic amines) is 2. The maximum absolute atomic E-state index is 13.4. The van der Waals surface area contributed by atoms with Gasteiger partial charge in [-0.1, -0.05) is 12.1 Å². The number of aromatic amines is 1. The number of amides is 2. The van der Waals surface area contributed by atoms with E-state index in [2.05, 4.69) is 15.3 Å². The van der Waals surface area contributed by atoms with Crippen molar-refractivity contribution in [1.82, 2.24) is 14.8 Å². The molecule has 0 bridgehead atoms. The van der Waals surface area contributed by atoms with E-state index in [0.717, 1.165) is 60.9 Å². The Labute approximate surface area is 205 Å². The highest BCUT2D eigenvalue weighted by Gasteiger charge is 2.31. The number of aliphatic imine (C=N–C) groups is 1. The van der Waals surface area contributed by atoms with Crippen LogP contribution in [0, 0.1) is 42.4 Å². The Hall–Kier alpha value is -3.85. The summed E-state index contributed by atoms with van der Waals surface area (Å²) in [5.41, 5.74) is 3.70. The quantitative estimate of drug-likeness (QED) is 0.509. The number of H-pyrrole nitrogens is 1. The molecule has 1 aromatic heterocycles. The third-order valence-corrected chi connectivity index (χ3v) is 6.97. The number of nitriles is 2. The first-order chi connectivity index (χ1) is 16.9. The van der Waals surface area contributed by atoms with E-state index in [1.165, 1.54) is 0 Å². The smallest absolute Gasteiger partial charge is 0.247 e. The van der Waals surface area contributed by atoms with Crippen molar-refractivity contribution in [3.63, 3.8) is 0 Å². The molecule has 9 heteroatoms. The SMILES string of the molecule is Cc1[nH]c2c(NC(=N[C@H]3CCCCN(CC(=O)N4CCCC4)C3=O)C(C#N)C#N)cccc2c1C. The molecule has 1 atom stereocenters. The van der Waals surface area contributed by atoms with Gasteiger partial charge in [0.25, 0.3) is 0 Å². The van der Waals surface area contributed by atoms with Crippen LogP contribution in [0.25, 0.3) is 10.9 Å². The first-order valence-electron chi connectivity index (χ1n) is 12.2. The molecule has 1 aromatic carbocycles. The van der Waals surface area contributed by atoms with Crippen LogP contribution >= 0.6 is 0 Å². The number of anilines is 1. The highest BCUT2D eigenvalue weighted by molar-refractivity contribution is 6.07. The summed E-state index contributed by atoms with van der Waals surface area (Å²) in [4.78, 5) is 37.5.